The summed E-state index contributed by atoms with van der Waals surface area (Å²) >= 11 is 0. The summed E-state index contributed by atoms with van der Waals surface area (Å²) in [5.41, 5.74) is 8.48. The van der Waals surface area contributed by atoms with Crippen LogP contribution < -0.4 is 10.5 Å². The van der Waals surface area contributed by atoms with E-state index in [-0.39, 0.29) is 17.4 Å². The summed E-state index contributed by atoms with van der Waals surface area (Å²) in [6.45, 7) is 0.557. The molecule has 4 heteroatoms. The lowest BCUT2D eigenvalue weighted by atomic mass is 9.90. The Morgan fingerprint density at radius 1 is 1.05 bits per heavy atom. The lowest BCUT2D eigenvalue weighted by molar-refractivity contribution is 0.260. The van der Waals surface area contributed by atoms with Gasteiger partial charge in [0.15, 0.2) is 11.5 Å². The van der Waals surface area contributed by atoms with Crippen molar-refractivity contribution in [2.75, 3.05) is 12.3 Å². The summed E-state index contributed by atoms with van der Waals surface area (Å²) in [5.74, 6) is 0.615. The first kappa shape index (κ1) is 11.7. The average Bonchev–Trinajstić information content (AvgIpc) is 2.40. The number of ether oxygens (including phenoxy) is 1. The van der Waals surface area contributed by atoms with Crippen molar-refractivity contribution in [1.82, 2.24) is 0 Å². The maximum absolute atomic E-state index is 9.55. The number of anilines is 1. The van der Waals surface area contributed by atoms with E-state index in [0.717, 1.165) is 23.2 Å². The van der Waals surface area contributed by atoms with Crippen molar-refractivity contribution >= 4 is 5.69 Å². The molecule has 1 aliphatic heterocycles. The van der Waals surface area contributed by atoms with Gasteiger partial charge in [0.05, 0.1) is 6.61 Å². The van der Waals surface area contributed by atoms with Crippen LogP contribution in [0.15, 0.2) is 36.4 Å². The van der Waals surface area contributed by atoms with Crippen LogP contribution in [0.5, 0.6) is 17.2 Å². The van der Waals surface area contributed by atoms with E-state index in [1.807, 2.05) is 24.3 Å². The van der Waals surface area contributed by atoms with Gasteiger partial charge in [-0.2, -0.15) is 0 Å². The number of phenols is 2. The van der Waals surface area contributed by atoms with Crippen LogP contribution in [0.3, 0.4) is 0 Å². The van der Waals surface area contributed by atoms with Gasteiger partial charge in [0.25, 0.3) is 0 Å². The van der Waals surface area contributed by atoms with Gasteiger partial charge in [-0.05, 0) is 35.7 Å². The summed E-state index contributed by atoms with van der Waals surface area (Å²) in [4.78, 5) is 0. The van der Waals surface area contributed by atoms with Crippen molar-refractivity contribution in [2.45, 2.75) is 12.3 Å². The molecule has 0 spiro atoms. The van der Waals surface area contributed by atoms with Crippen molar-refractivity contribution in [3.05, 3.63) is 47.5 Å². The number of benzene rings is 2. The molecular formula is C15H15NO3. The second kappa shape index (κ2) is 4.39. The van der Waals surface area contributed by atoms with Gasteiger partial charge in [-0.1, -0.05) is 12.1 Å². The van der Waals surface area contributed by atoms with Crippen LogP contribution in [0.4, 0.5) is 5.69 Å². The minimum Gasteiger partial charge on any atom is -0.504 e. The Bertz CT molecular complexity index is 608. The molecule has 1 aliphatic rings. The van der Waals surface area contributed by atoms with Gasteiger partial charge in [0, 0.05) is 17.7 Å². The first-order valence-corrected chi connectivity index (χ1v) is 6.16. The molecule has 1 heterocycles. The minimum absolute atomic E-state index is 0.111. The van der Waals surface area contributed by atoms with E-state index in [9.17, 15) is 10.2 Å². The fourth-order valence-electron chi connectivity index (χ4n) is 2.39. The average molecular weight is 257 g/mol. The van der Waals surface area contributed by atoms with Crippen molar-refractivity contribution in [3.8, 4) is 17.2 Å². The van der Waals surface area contributed by atoms with Gasteiger partial charge in [0.1, 0.15) is 5.75 Å². The SMILES string of the molecule is Nc1ccc(C2COc3cc(O)c(O)cc3C2)cc1. The fraction of sp³-hybridized carbons (Fsp3) is 0.200. The number of phenolic OH excluding ortho intramolecular Hbond substituents is 2. The molecule has 4 N–H and O–H groups in total. The molecule has 2 aromatic carbocycles. The predicted octanol–water partition coefficient (Wildman–Crippen LogP) is 2.40. The lowest BCUT2D eigenvalue weighted by Crippen LogP contribution is -2.19. The van der Waals surface area contributed by atoms with Gasteiger partial charge in [-0.3, -0.25) is 0 Å². The van der Waals surface area contributed by atoms with Crippen LogP contribution in [-0.4, -0.2) is 16.8 Å². The third-order valence-corrected chi connectivity index (χ3v) is 3.47. The first-order chi connectivity index (χ1) is 9.13. The van der Waals surface area contributed by atoms with Crippen molar-refractivity contribution < 1.29 is 14.9 Å². The Labute approximate surface area is 111 Å². The van der Waals surface area contributed by atoms with Gasteiger partial charge in [-0.25, -0.2) is 0 Å². The van der Waals surface area contributed by atoms with E-state index in [4.69, 9.17) is 10.5 Å². The maximum atomic E-state index is 9.55. The zero-order chi connectivity index (χ0) is 13.4. The van der Waals surface area contributed by atoms with Crippen molar-refractivity contribution in [1.29, 1.82) is 0 Å². The third kappa shape index (κ3) is 2.17. The number of hydrogen-bond donors (Lipinski definition) is 3. The molecule has 4 nitrogen and oxygen atoms in total. The smallest absolute Gasteiger partial charge is 0.161 e. The summed E-state index contributed by atoms with van der Waals surface area (Å²) < 4.78 is 5.65. The molecule has 0 saturated heterocycles. The number of nitrogens with two attached hydrogens (primary N) is 1. The quantitative estimate of drug-likeness (QED) is 0.541. The normalized spacial score (nSPS) is 17.6. The molecule has 98 valence electrons. The summed E-state index contributed by atoms with van der Waals surface area (Å²) in [7, 11) is 0. The number of aromatic hydroxyl groups is 2. The van der Waals surface area contributed by atoms with E-state index in [2.05, 4.69) is 0 Å². The number of fused-ring (bicyclic) bond motifs is 1. The van der Waals surface area contributed by atoms with Crippen molar-refractivity contribution in [2.24, 2.45) is 0 Å². The molecule has 0 saturated carbocycles. The van der Waals surface area contributed by atoms with E-state index < -0.39 is 0 Å². The van der Waals surface area contributed by atoms with Crippen molar-refractivity contribution in [3.63, 3.8) is 0 Å². The largest absolute Gasteiger partial charge is 0.504 e. The molecule has 0 fully saturated rings. The van der Waals surface area contributed by atoms with Gasteiger partial charge in [0.2, 0.25) is 0 Å². The molecule has 3 rings (SSSR count). The topological polar surface area (TPSA) is 75.7 Å². The number of nitrogen functional groups attached to an aromatic ring is 1. The molecule has 1 unspecified atom stereocenters. The number of hydrogen-bond acceptors (Lipinski definition) is 4. The van der Waals surface area contributed by atoms with Crippen LogP contribution in [0.25, 0.3) is 0 Å². The van der Waals surface area contributed by atoms with Gasteiger partial charge >= 0.3 is 0 Å². The predicted molar refractivity (Wildman–Crippen MR) is 72.6 cm³/mol. The standard InChI is InChI=1S/C15H15NO3/c16-12-3-1-9(2-4-12)11-5-10-6-13(17)14(18)7-15(10)19-8-11/h1-4,6-7,11,17-18H,5,8,16H2. The molecule has 0 aliphatic carbocycles. The van der Waals surface area contributed by atoms with Crippen LogP contribution in [-0.2, 0) is 6.42 Å². The van der Waals surface area contributed by atoms with Crippen LogP contribution in [0.2, 0.25) is 0 Å². The van der Waals surface area contributed by atoms with Gasteiger partial charge < -0.3 is 20.7 Å². The fourth-order valence-corrected chi connectivity index (χ4v) is 2.39. The highest BCUT2D eigenvalue weighted by atomic mass is 16.5. The zero-order valence-corrected chi connectivity index (χ0v) is 10.3. The molecular weight excluding hydrogens is 242 g/mol. The minimum atomic E-state index is -0.148. The van der Waals surface area contributed by atoms with E-state index in [1.54, 1.807) is 6.07 Å². The van der Waals surface area contributed by atoms with E-state index in [0.29, 0.717) is 12.4 Å². The highest BCUT2D eigenvalue weighted by Gasteiger charge is 2.22. The third-order valence-electron chi connectivity index (χ3n) is 3.47. The summed E-state index contributed by atoms with van der Waals surface area (Å²) in [5, 5.41) is 19.0. The van der Waals surface area contributed by atoms with E-state index in [1.165, 1.54) is 6.07 Å². The second-order valence-corrected chi connectivity index (χ2v) is 4.83. The van der Waals surface area contributed by atoms with Crippen LogP contribution >= 0.6 is 0 Å². The Hall–Kier alpha value is -2.36. The summed E-state index contributed by atoms with van der Waals surface area (Å²) in [6.07, 6.45) is 0.771. The Morgan fingerprint density at radius 2 is 1.74 bits per heavy atom. The highest BCUT2D eigenvalue weighted by molar-refractivity contribution is 5.51. The van der Waals surface area contributed by atoms with E-state index >= 15 is 0 Å². The van der Waals surface area contributed by atoms with Crippen LogP contribution in [0.1, 0.15) is 17.0 Å². The molecule has 0 amide bonds. The molecule has 1 atom stereocenters. The maximum Gasteiger partial charge on any atom is 0.161 e. The monoisotopic (exact) mass is 257 g/mol. The second-order valence-electron chi connectivity index (χ2n) is 4.83. The molecule has 0 radical (unpaired) electrons. The molecule has 0 aromatic heterocycles. The van der Waals surface area contributed by atoms with Gasteiger partial charge in [-0.15, -0.1) is 0 Å². The first-order valence-electron chi connectivity index (χ1n) is 6.16. The Kier molecular flexibility index (Phi) is 2.71. The Morgan fingerprint density at radius 3 is 2.47 bits per heavy atom. The highest BCUT2D eigenvalue weighted by Crippen LogP contribution is 2.39. The Balaban J connectivity index is 1.89. The number of rotatable bonds is 1. The zero-order valence-electron chi connectivity index (χ0n) is 10.3. The molecule has 19 heavy (non-hydrogen) atoms. The summed E-state index contributed by atoms with van der Waals surface area (Å²) in [6, 6.07) is 10.8. The molecule has 0 bridgehead atoms. The molecule has 2 aromatic rings. The lowest BCUT2D eigenvalue weighted by Gasteiger charge is -2.26. The van der Waals surface area contributed by atoms with Crippen LogP contribution in [0, 0.1) is 0 Å².